The molecule has 0 saturated carbocycles. The second-order valence-electron chi connectivity index (χ2n) is 4.69. The van der Waals surface area contributed by atoms with Crippen molar-refractivity contribution in [2.45, 2.75) is 6.92 Å². The van der Waals surface area contributed by atoms with E-state index >= 15 is 0 Å². The van der Waals surface area contributed by atoms with Crippen LogP contribution in [0.1, 0.15) is 21.6 Å². The average molecular weight is 293 g/mol. The third-order valence-corrected chi connectivity index (χ3v) is 3.13. The molecule has 7 nitrogen and oxygen atoms in total. The fraction of sp³-hybridized carbons (Fsp3) is 0.0667. The molecule has 0 unspecified atom stereocenters. The Kier molecular flexibility index (Phi) is 3.20. The standard InChI is InChI=1S/C15H11N5O2/c1-9-7-12(21)20-14(17-9)11(8-16)13(19-20)18-15(22)10-5-3-2-4-6-10/h2-7,19H,1H3,(H,18,22). The number of nitrogens with zero attached hydrogens (tertiary/aromatic N) is 3. The molecule has 0 aliphatic rings. The summed E-state index contributed by atoms with van der Waals surface area (Å²) in [7, 11) is 0. The van der Waals surface area contributed by atoms with Crippen molar-refractivity contribution < 1.29 is 4.79 Å². The Morgan fingerprint density at radius 1 is 1.36 bits per heavy atom. The summed E-state index contributed by atoms with van der Waals surface area (Å²) in [6.07, 6.45) is 0. The number of carbonyl (C=O) groups is 1. The molecular formula is C15H11N5O2. The molecule has 2 N–H and O–H groups in total. The number of carbonyl (C=O) groups excluding carboxylic acids is 1. The molecule has 0 atom stereocenters. The van der Waals surface area contributed by atoms with Gasteiger partial charge in [0.25, 0.3) is 11.5 Å². The van der Waals surface area contributed by atoms with E-state index in [1.807, 2.05) is 6.07 Å². The number of hydrogen-bond donors (Lipinski definition) is 2. The monoisotopic (exact) mass is 293 g/mol. The minimum Gasteiger partial charge on any atom is -0.306 e. The number of H-pyrrole nitrogens is 1. The lowest BCUT2D eigenvalue weighted by atomic mass is 10.2. The van der Waals surface area contributed by atoms with Crippen molar-refractivity contribution in [2.24, 2.45) is 0 Å². The Labute approximate surface area is 124 Å². The summed E-state index contributed by atoms with van der Waals surface area (Å²) in [5.74, 6) is -0.236. The number of anilines is 1. The second-order valence-corrected chi connectivity index (χ2v) is 4.69. The van der Waals surface area contributed by atoms with Gasteiger partial charge in [-0.05, 0) is 19.1 Å². The smallest absolute Gasteiger partial charge is 0.272 e. The summed E-state index contributed by atoms with van der Waals surface area (Å²) >= 11 is 0. The lowest BCUT2D eigenvalue weighted by Crippen LogP contribution is -2.15. The van der Waals surface area contributed by atoms with Crippen molar-refractivity contribution in [3.05, 3.63) is 63.6 Å². The van der Waals surface area contributed by atoms with Crippen LogP contribution in [0.3, 0.4) is 0 Å². The number of amides is 1. The molecule has 22 heavy (non-hydrogen) atoms. The first-order valence-corrected chi connectivity index (χ1v) is 6.49. The summed E-state index contributed by atoms with van der Waals surface area (Å²) in [5, 5.41) is 14.6. The summed E-state index contributed by atoms with van der Waals surface area (Å²) in [6.45, 7) is 1.66. The zero-order valence-electron chi connectivity index (χ0n) is 11.6. The summed E-state index contributed by atoms with van der Waals surface area (Å²) in [6, 6.07) is 11.9. The maximum absolute atomic E-state index is 12.2. The van der Waals surface area contributed by atoms with Crippen LogP contribution in [0.2, 0.25) is 0 Å². The minimum absolute atomic E-state index is 0.116. The minimum atomic E-state index is -0.381. The van der Waals surface area contributed by atoms with Crippen LogP contribution >= 0.6 is 0 Å². The van der Waals surface area contributed by atoms with Crippen molar-refractivity contribution in [2.75, 3.05) is 5.32 Å². The first-order chi connectivity index (χ1) is 10.6. The molecule has 0 aliphatic heterocycles. The quantitative estimate of drug-likeness (QED) is 0.746. The Bertz CT molecular complexity index is 963. The predicted octanol–water partition coefficient (Wildman–Crippen LogP) is 1.45. The number of fused-ring (bicyclic) bond motifs is 1. The molecule has 3 aromatic rings. The van der Waals surface area contributed by atoms with Crippen molar-refractivity contribution >= 4 is 17.4 Å². The number of nitriles is 1. The SMILES string of the molecule is Cc1cc(=O)n2[nH]c(NC(=O)c3ccccc3)c(C#N)c2n1. The van der Waals surface area contributed by atoms with Crippen molar-refractivity contribution in [3.8, 4) is 6.07 Å². The highest BCUT2D eigenvalue weighted by Crippen LogP contribution is 2.17. The number of hydrogen-bond acceptors (Lipinski definition) is 4. The van der Waals surface area contributed by atoms with Crippen LogP contribution in [0.4, 0.5) is 5.82 Å². The van der Waals surface area contributed by atoms with E-state index in [4.69, 9.17) is 0 Å². The number of benzene rings is 1. The van der Waals surface area contributed by atoms with Gasteiger partial charge in [-0.15, -0.1) is 0 Å². The number of aromatic nitrogens is 3. The predicted molar refractivity (Wildman–Crippen MR) is 79.7 cm³/mol. The highest BCUT2D eigenvalue weighted by atomic mass is 16.2. The normalized spacial score (nSPS) is 10.4. The molecule has 7 heteroatoms. The third-order valence-electron chi connectivity index (χ3n) is 3.13. The van der Waals surface area contributed by atoms with Crippen LogP contribution in [0.25, 0.3) is 5.65 Å². The van der Waals surface area contributed by atoms with Gasteiger partial charge in [-0.1, -0.05) is 18.2 Å². The fourth-order valence-corrected chi connectivity index (χ4v) is 2.12. The Hall–Kier alpha value is -3.40. The van der Waals surface area contributed by atoms with Gasteiger partial charge in [-0.2, -0.15) is 9.78 Å². The highest BCUT2D eigenvalue weighted by molar-refractivity contribution is 6.04. The number of rotatable bonds is 2. The first-order valence-electron chi connectivity index (χ1n) is 6.49. The van der Waals surface area contributed by atoms with E-state index in [1.54, 1.807) is 37.3 Å². The van der Waals surface area contributed by atoms with Crippen molar-refractivity contribution in [3.63, 3.8) is 0 Å². The number of aromatic amines is 1. The van der Waals surface area contributed by atoms with E-state index in [-0.39, 0.29) is 28.5 Å². The molecule has 3 rings (SSSR count). The fourth-order valence-electron chi connectivity index (χ4n) is 2.12. The average Bonchev–Trinajstić information content (AvgIpc) is 2.85. The van der Waals surface area contributed by atoms with E-state index in [0.29, 0.717) is 11.3 Å². The molecule has 0 spiro atoms. The molecule has 2 aromatic heterocycles. The van der Waals surface area contributed by atoms with E-state index in [9.17, 15) is 14.9 Å². The van der Waals surface area contributed by atoms with E-state index < -0.39 is 0 Å². The summed E-state index contributed by atoms with van der Waals surface area (Å²) in [5.41, 5.74) is 0.906. The Morgan fingerprint density at radius 2 is 2.09 bits per heavy atom. The van der Waals surface area contributed by atoms with Crippen LogP contribution in [0.15, 0.2) is 41.2 Å². The van der Waals surface area contributed by atoms with Crippen LogP contribution in [-0.2, 0) is 0 Å². The Morgan fingerprint density at radius 3 is 2.77 bits per heavy atom. The number of aryl methyl sites for hydroxylation is 1. The molecule has 0 fully saturated rings. The lowest BCUT2D eigenvalue weighted by molar-refractivity contribution is 0.102. The van der Waals surface area contributed by atoms with Gasteiger partial charge < -0.3 is 5.32 Å². The van der Waals surface area contributed by atoms with Gasteiger partial charge in [0.2, 0.25) is 0 Å². The number of nitrogens with one attached hydrogen (secondary N) is 2. The third kappa shape index (κ3) is 2.23. The highest BCUT2D eigenvalue weighted by Gasteiger charge is 2.17. The summed E-state index contributed by atoms with van der Waals surface area (Å²) < 4.78 is 1.13. The maximum Gasteiger partial charge on any atom is 0.272 e. The van der Waals surface area contributed by atoms with Crippen LogP contribution in [-0.4, -0.2) is 20.5 Å². The van der Waals surface area contributed by atoms with Crippen molar-refractivity contribution in [1.29, 1.82) is 5.26 Å². The van der Waals surface area contributed by atoms with Gasteiger partial charge in [0.1, 0.15) is 17.5 Å². The lowest BCUT2D eigenvalue weighted by Gasteiger charge is -2.02. The molecule has 108 valence electrons. The van der Waals surface area contributed by atoms with Gasteiger partial charge in [0.05, 0.1) is 0 Å². The van der Waals surface area contributed by atoms with Gasteiger partial charge in [0, 0.05) is 17.3 Å². The van der Waals surface area contributed by atoms with Gasteiger partial charge in [-0.25, -0.2) is 4.98 Å². The summed E-state index contributed by atoms with van der Waals surface area (Å²) in [4.78, 5) is 28.2. The van der Waals surface area contributed by atoms with Crippen molar-refractivity contribution in [1.82, 2.24) is 14.6 Å². The molecule has 0 bridgehead atoms. The molecule has 0 aliphatic carbocycles. The first kappa shape index (κ1) is 13.6. The second kappa shape index (κ2) is 5.18. The largest absolute Gasteiger partial charge is 0.306 e. The maximum atomic E-state index is 12.2. The zero-order chi connectivity index (χ0) is 15.7. The molecule has 1 amide bonds. The molecule has 2 heterocycles. The van der Waals surface area contributed by atoms with E-state index in [2.05, 4.69) is 15.4 Å². The van der Waals surface area contributed by atoms with Crippen LogP contribution in [0.5, 0.6) is 0 Å². The van der Waals surface area contributed by atoms with Gasteiger partial charge in [0.15, 0.2) is 5.65 Å². The van der Waals surface area contributed by atoms with Gasteiger partial charge >= 0.3 is 0 Å². The molecule has 0 radical (unpaired) electrons. The van der Waals surface area contributed by atoms with Crippen LogP contribution < -0.4 is 10.9 Å². The molecule has 1 aromatic carbocycles. The van der Waals surface area contributed by atoms with Crippen LogP contribution in [0, 0.1) is 18.3 Å². The van der Waals surface area contributed by atoms with Gasteiger partial charge in [-0.3, -0.25) is 14.7 Å². The van der Waals surface area contributed by atoms with E-state index in [1.165, 1.54) is 6.07 Å². The Balaban J connectivity index is 2.09. The topological polar surface area (TPSA) is 103 Å². The molecular weight excluding hydrogens is 282 g/mol. The zero-order valence-corrected chi connectivity index (χ0v) is 11.6. The molecule has 0 saturated heterocycles. The van der Waals surface area contributed by atoms with E-state index in [0.717, 1.165) is 4.52 Å².